The molecule has 2 aromatic carbocycles. The molecule has 5 aromatic rings. The molecule has 0 saturated carbocycles. The van der Waals surface area contributed by atoms with Gasteiger partial charge in [0.1, 0.15) is 17.8 Å². The highest BCUT2D eigenvalue weighted by molar-refractivity contribution is 7.98. The quantitative estimate of drug-likeness (QED) is 0.270. The molecule has 0 saturated heterocycles. The van der Waals surface area contributed by atoms with Crippen molar-refractivity contribution in [2.75, 3.05) is 7.11 Å². The van der Waals surface area contributed by atoms with Gasteiger partial charge in [0, 0.05) is 16.9 Å². The minimum atomic E-state index is 0.516. The highest BCUT2D eigenvalue weighted by atomic mass is 32.2. The van der Waals surface area contributed by atoms with Crippen LogP contribution in [0.1, 0.15) is 17.0 Å². The normalized spacial score (nSPS) is 11.1. The summed E-state index contributed by atoms with van der Waals surface area (Å²) < 4.78 is 18.7. The summed E-state index contributed by atoms with van der Waals surface area (Å²) in [5.74, 6) is 3.54. The van der Waals surface area contributed by atoms with E-state index in [0.717, 1.165) is 39.3 Å². The average Bonchev–Trinajstić information content (AvgIpc) is 3.60. The molecule has 0 unspecified atom stereocenters. The predicted molar refractivity (Wildman–Crippen MR) is 126 cm³/mol. The van der Waals surface area contributed by atoms with Gasteiger partial charge in [0.25, 0.3) is 0 Å². The second-order valence-corrected chi connectivity index (χ2v) is 8.44. The van der Waals surface area contributed by atoms with Gasteiger partial charge in [-0.2, -0.15) is 0 Å². The van der Waals surface area contributed by atoms with Crippen LogP contribution in [0.15, 0.2) is 87.2 Å². The molecule has 3 aromatic heterocycles. The van der Waals surface area contributed by atoms with Crippen molar-refractivity contribution in [1.82, 2.24) is 19.7 Å². The lowest BCUT2D eigenvalue weighted by Crippen LogP contribution is -2.03. The summed E-state index contributed by atoms with van der Waals surface area (Å²) in [5.41, 5.74) is 3.91. The maximum atomic E-state index is 5.70. The molecule has 7 nitrogen and oxygen atoms in total. The van der Waals surface area contributed by atoms with E-state index in [9.17, 15) is 0 Å². The van der Waals surface area contributed by atoms with Crippen LogP contribution in [0.3, 0.4) is 0 Å². The third-order valence-corrected chi connectivity index (χ3v) is 6.14. The first-order chi connectivity index (χ1) is 16.2. The minimum Gasteiger partial charge on any atom is -0.497 e. The lowest BCUT2D eigenvalue weighted by Gasteiger charge is -2.09. The molecule has 0 spiro atoms. The van der Waals surface area contributed by atoms with E-state index >= 15 is 0 Å². The maximum absolute atomic E-state index is 5.70. The van der Waals surface area contributed by atoms with Crippen molar-refractivity contribution in [2.45, 2.75) is 24.4 Å². The largest absolute Gasteiger partial charge is 0.497 e. The summed E-state index contributed by atoms with van der Waals surface area (Å²) in [6.45, 7) is 2.57. The van der Waals surface area contributed by atoms with Gasteiger partial charge in [0.2, 0.25) is 5.89 Å². The highest BCUT2D eigenvalue weighted by Crippen LogP contribution is 2.30. The summed E-state index contributed by atoms with van der Waals surface area (Å²) in [4.78, 5) is 4.64. The summed E-state index contributed by atoms with van der Waals surface area (Å²) in [6.07, 6.45) is 3.36. The number of oxazole rings is 1. The van der Waals surface area contributed by atoms with Crippen LogP contribution >= 0.6 is 11.8 Å². The smallest absolute Gasteiger partial charge is 0.226 e. The lowest BCUT2D eigenvalue weighted by molar-refractivity contribution is 0.415. The maximum Gasteiger partial charge on any atom is 0.226 e. The molecule has 0 fully saturated rings. The number of ether oxygens (including phenoxy) is 1. The number of aromatic nitrogens is 4. The molecular formula is C25H22N4O3S. The second kappa shape index (κ2) is 9.38. The second-order valence-electron chi connectivity index (χ2n) is 7.50. The zero-order chi connectivity index (χ0) is 22.6. The van der Waals surface area contributed by atoms with Crippen LogP contribution in [0, 0.1) is 6.92 Å². The van der Waals surface area contributed by atoms with E-state index in [4.69, 9.17) is 13.6 Å². The monoisotopic (exact) mass is 458 g/mol. The Kier molecular flexibility index (Phi) is 5.99. The molecule has 5 rings (SSSR count). The lowest BCUT2D eigenvalue weighted by atomic mass is 10.1. The van der Waals surface area contributed by atoms with Crippen molar-refractivity contribution in [3.8, 4) is 28.6 Å². The predicted octanol–water partition coefficient (Wildman–Crippen LogP) is 5.85. The van der Waals surface area contributed by atoms with Crippen LogP contribution in [-0.4, -0.2) is 26.9 Å². The number of benzene rings is 2. The molecule has 0 atom stereocenters. The van der Waals surface area contributed by atoms with E-state index in [1.54, 1.807) is 31.4 Å². The Labute approximate surface area is 195 Å². The molecule has 8 heteroatoms. The summed E-state index contributed by atoms with van der Waals surface area (Å²) in [7, 11) is 1.65. The minimum absolute atomic E-state index is 0.516. The number of hydrogen-bond acceptors (Lipinski definition) is 7. The van der Waals surface area contributed by atoms with Gasteiger partial charge in [-0.25, -0.2) is 4.98 Å². The van der Waals surface area contributed by atoms with Crippen molar-refractivity contribution in [1.29, 1.82) is 0 Å². The van der Waals surface area contributed by atoms with E-state index < -0.39 is 0 Å². The van der Waals surface area contributed by atoms with Gasteiger partial charge in [-0.3, -0.25) is 4.57 Å². The molecular weight excluding hydrogens is 436 g/mol. The fourth-order valence-electron chi connectivity index (χ4n) is 3.41. The number of nitrogens with zero attached hydrogens (tertiary/aromatic N) is 4. The van der Waals surface area contributed by atoms with Gasteiger partial charge >= 0.3 is 0 Å². The summed E-state index contributed by atoms with van der Waals surface area (Å²) in [5, 5.41) is 9.69. The molecule has 33 heavy (non-hydrogen) atoms. The van der Waals surface area contributed by atoms with Crippen LogP contribution in [-0.2, 0) is 12.3 Å². The Morgan fingerprint density at radius 3 is 2.64 bits per heavy atom. The topological polar surface area (TPSA) is 79.1 Å². The molecule has 0 aliphatic rings. The van der Waals surface area contributed by atoms with E-state index in [1.807, 2.05) is 65.2 Å². The van der Waals surface area contributed by atoms with Gasteiger partial charge in [0.15, 0.2) is 11.0 Å². The number of rotatable bonds is 8. The van der Waals surface area contributed by atoms with E-state index in [1.165, 1.54) is 5.56 Å². The van der Waals surface area contributed by atoms with Gasteiger partial charge < -0.3 is 13.6 Å². The molecule has 3 heterocycles. The van der Waals surface area contributed by atoms with E-state index in [-0.39, 0.29) is 0 Å². The Hall–Kier alpha value is -3.78. The first-order valence-corrected chi connectivity index (χ1v) is 11.4. The first kappa shape index (κ1) is 21.1. The van der Waals surface area contributed by atoms with Crippen LogP contribution in [0.5, 0.6) is 5.75 Å². The van der Waals surface area contributed by atoms with Crippen molar-refractivity contribution < 1.29 is 13.6 Å². The van der Waals surface area contributed by atoms with Gasteiger partial charge in [-0.05, 0) is 43.3 Å². The Morgan fingerprint density at radius 1 is 0.970 bits per heavy atom. The number of furan rings is 1. The molecule has 0 aliphatic heterocycles. The molecule has 166 valence electrons. The van der Waals surface area contributed by atoms with Crippen molar-refractivity contribution in [3.05, 3.63) is 90.2 Å². The van der Waals surface area contributed by atoms with Crippen LogP contribution in [0.25, 0.3) is 22.8 Å². The first-order valence-electron chi connectivity index (χ1n) is 10.4. The fraction of sp³-hybridized carbons (Fsp3) is 0.160. The van der Waals surface area contributed by atoms with E-state index in [2.05, 4.69) is 22.1 Å². The fourth-order valence-corrected chi connectivity index (χ4v) is 4.23. The zero-order valence-corrected chi connectivity index (χ0v) is 19.1. The number of thioether (sulfide) groups is 1. The molecule has 0 N–H and O–H groups in total. The van der Waals surface area contributed by atoms with Crippen LogP contribution in [0.2, 0.25) is 0 Å². The van der Waals surface area contributed by atoms with Crippen molar-refractivity contribution in [3.63, 3.8) is 0 Å². The van der Waals surface area contributed by atoms with Gasteiger partial charge in [-0.15, -0.1) is 10.2 Å². The standard InChI is InChI=1S/C25H22N4O3S/c1-17-8-10-18(11-9-17)24-26-20(15-32-24)16-33-25-28-27-23(19-5-3-6-21(13-19)30-2)29(25)14-22-7-4-12-31-22/h3-13,15H,14,16H2,1-2H3. The van der Waals surface area contributed by atoms with Gasteiger partial charge in [-0.1, -0.05) is 41.6 Å². The number of methoxy groups -OCH3 is 1. The molecule has 0 radical (unpaired) electrons. The third kappa shape index (κ3) is 4.70. The number of hydrogen-bond donors (Lipinski definition) is 0. The third-order valence-electron chi connectivity index (χ3n) is 5.14. The van der Waals surface area contributed by atoms with Crippen LogP contribution < -0.4 is 4.74 Å². The molecule has 0 bridgehead atoms. The SMILES string of the molecule is COc1cccc(-c2nnc(SCc3coc(-c4ccc(C)cc4)n3)n2Cc2ccco2)c1. The van der Waals surface area contributed by atoms with E-state index in [0.29, 0.717) is 18.2 Å². The van der Waals surface area contributed by atoms with Crippen LogP contribution in [0.4, 0.5) is 0 Å². The Balaban J connectivity index is 1.40. The molecule has 0 amide bonds. The van der Waals surface area contributed by atoms with Crippen molar-refractivity contribution in [2.24, 2.45) is 0 Å². The van der Waals surface area contributed by atoms with Gasteiger partial charge in [0.05, 0.1) is 25.6 Å². The average molecular weight is 459 g/mol. The summed E-state index contributed by atoms with van der Waals surface area (Å²) >= 11 is 1.55. The summed E-state index contributed by atoms with van der Waals surface area (Å²) in [6, 6.07) is 19.7. The highest BCUT2D eigenvalue weighted by Gasteiger charge is 2.17. The van der Waals surface area contributed by atoms with Crippen molar-refractivity contribution >= 4 is 11.8 Å². The number of aryl methyl sites for hydroxylation is 1. The Morgan fingerprint density at radius 2 is 1.85 bits per heavy atom. The molecule has 0 aliphatic carbocycles. The zero-order valence-electron chi connectivity index (χ0n) is 18.3. The Bertz CT molecular complexity index is 1340.